The third kappa shape index (κ3) is 4.95. The van der Waals surface area contributed by atoms with Gasteiger partial charge in [-0.25, -0.2) is 19.2 Å². The molecule has 0 aliphatic rings. The number of carbonyl (C=O) groups is 1. The van der Waals surface area contributed by atoms with Crippen molar-refractivity contribution in [3.05, 3.63) is 47.4 Å². The number of aliphatic imine (C=N–C) groups is 1. The predicted molar refractivity (Wildman–Crippen MR) is 93.0 cm³/mol. The molecule has 1 heterocycles. The maximum atomic E-state index is 13.6. The second-order valence-corrected chi connectivity index (χ2v) is 5.52. The molecule has 1 aromatic carbocycles. The molecular formula is C15H14FIN4O2. The summed E-state index contributed by atoms with van der Waals surface area (Å²) in [4.78, 5) is 24.9. The van der Waals surface area contributed by atoms with Crippen LogP contribution in [0.3, 0.4) is 0 Å². The highest BCUT2D eigenvalue weighted by atomic mass is 127. The third-order valence-electron chi connectivity index (χ3n) is 2.64. The van der Waals surface area contributed by atoms with E-state index >= 15 is 0 Å². The van der Waals surface area contributed by atoms with E-state index in [1.807, 2.05) is 12.1 Å². The molecule has 0 amide bonds. The zero-order chi connectivity index (χ0) is 16.8. The van der Waals surface area contributed by atoms with Crippen LogP contribution >= 0.6 is 22.6 Å². The fourth-order valence-corrected chi connectivity index (χ4v) is 2.03. The van der Waals surface area contributed by atoms with Crippen LogP contribution in [-0.4, -0.2) is 41.3 Å². The first-order valence-corrected chi connectivity index (χ1v) is 8.12. The average Bonchev–Trinajstić information content (AvgIpc) is 2.55. The molecule has 0 aliphatic carbocycles. The number of alkyl halides is 1. The van der Waals surface area contributed by atoms with Crippen LogP contribution in [0, 0.1) is 5.82 Å². The van der Waals surface area contributed by atoms with E-state index in [1.165, 1.54) is 6.34 Å². The predicted octanol–water partition coefficient (Wildman–Crippen LogP) is 2.99. The number of halogens is 2. The highest BCUT2D eigenvalue weighted by Crippen LogP contribution is 2.17. The quantitative estimate of drug-likeness (QED) is 0.241. The van der Waals surface area contributed by atoms with E-state index < -0.39 is 11.8 Å². The molecular weight excluding hydrogens is 414 g/mol. The highest BCUT2D eigenvalue weighted by molar-refractivity contribution is 14.1. The van der Waals surface area contributed by atoms with Crippen molar-refractivity contribution in [3.8, 4) is 6.01 Å². The fraction of sp³-hybridized carbons (Fsp3) is 0.200. The molecule has 0 saturated carbocycles. The zero-order valence-corrected chi connectivity index (χ0v) is 14.7. The van der Waals surface area contributed by atoms with Gasteiger partial charge in [0.1, 0.15) is 0 Å². The number of carbonyl (C=O) groups excluding carboxylic acids is 1. The van der Waals surface area contributed by atoms with Crippen molar-refractivity contribution >= 4 is 40.7 Å². The van der Waals surface area contributed by atoms with Crippen LogP contribution in [0.4, 0.5) is 10.2 Å². The topological polar surface area (TPSA) is 67.7 Å². The van der Waals surface area contributed by atoms with Crippen LogP contribution in [0.5, 0.6) is 6.01 Å². The molecule has 1 aromatic heterocycles. The van der Waals surface area contributed by atoms with E-state index in [1.54, 1.807) is 31.1 Å². The second-order valence-electron chi connectivity index (χ2n) is 4.75. The number of hydrogen-bond donors (Lipinski definition) is 0. The number of hydrogen-bond acceptors (Lipinski definition) is 5. The molecule has 23 heavy (non-hydrogen) atoms. The molecule has 0 saturated heterocycles. The standard InChI is InChI=1S/C15H14FIN4O2/c1-21(2)9-19-13-12(16)8-18-15(20-13)23-14(22)11-5-3-10(7-17)4-6-11/h3-6,8-9H,7H2,1-2H3/b19-9+. The van der Waals surface area contributed by atoms with Gasteiger partial charge in [-0.2, -0.15) is 4.98 Å². The van der Waals surface area contributed by atoms with Gasteiger partial charge < -0.3 is 9.64 Å². The number of nitrogens with zero attached hydrogens (tertiary/aromatic N) is 4. The Kier molecular flexibility index (Phi) is 5.97. The van der Waals surface area contributed by atoms with Gasteiger partial charge in [0.05, 0.1) is 18.1 Å². The summed E-state index contributed by atoms with van der Waals surface area (Å²) in [6.45, 7) is 0. The Labute approximate surface area is 146 Å². The van der Waals surface area contributed by atoms with Gasteiger partial charge in [-0.1, -0.05) is 34.7 Å². The van der Waals surface area contributed by atoms with Gasteiger partial charge in [-0.3, -0.25) is 0 Å². The Morgan fingerprint density at radius 1 is 1.39 bits per heavy atom. The van der Waals surface area contributed by atoms with Gasteiger partial charge in [0.25, 0.3) is 0 Å². The molecule has 120 valence electrons. The molecule has 0 spiro atoms. The Bertz CT molecular complexity index is 720. The molecule has 8 heteroatoms. The molecule has 0 fully saturated rings. The summed E-state index contributed by atoms with van der Waals surface area (Å²) in [5, 5.41) is 0. The van der Waals surface area contributed by atoms with Crippen molar-refractivity contribution in [2.24, 2.45) is 4.99 Å². The maximum absolute atomic E-state index is 13.6. The van der Waals surface area contributed by atoms with Crippen LogP contribution in [0.15, 0.2) is 35.5 Å². The Morgan fingerprint density at radius 2 is 2.09 bits per heavy atom. The molecule has 2 aromatic rings. The van der Waals surface area contributed by atoms with Gasteiger partial charge in [-0.15, -0.1) is 0 Å². The molecule has 0 N–H and O–H groups in total. The number of esters is 1. The minimum absolute atomic E-state index is 0.197. The molecule has 0 bridgehead atoms. The SMILES string of the molecule is CN(C)/C=N/c1nc(OC(=O)c2ccc(CI)cc2)ncc1F. The largest absolute Gasteiger partial charge is 0.387 e. The smallest absolute Gasteiger partial charge is 0.345 e. The average molecular weight is 428 g/mol. The second kappa shape index (κ2) is 7.95. The van der Waals surface area contributed by atoms with E-state index in [4.69, 9.17) is 4.74 Å². The maximum Gasteiger partial charge on any atom is 0.345 e. The van der Waals surface area contributed by atoms with Crippen LogP contribution in [-0.2, 0) is 4.43 Å². The van der Waals surface area contributed by atoms with Crippen LogP contribution in [0.25, 0.3) is 0 Å². The Balaban J connectivity index is 2.15. The summed E-state index contributed by atoms with van der Waals surface area (Å²) >= 11 is 2.23. The van der Waals surface area contributed by atoms with E-state index in [2.05, 4.69) is 37.6 Å². The van der Waals surface area contributed by atoms with Gasteiger partial charge in [-0.05, 0) is 17.7 Å². The molecule has 2 rings (SSSR count). The first-order valence-electron chi connectivity index (χ1n) is 6.60. The van der Waals surface area contributed by atoms with Gasteiger partial charge in [0.15, 0.2) is 11.6 Å². The Morgan fingerprint density at radius 3 is 2.70 bits per heavy atom. The molecule has 0 atom stereocenters. The van der Waals surface area contributed by atoms with Crippen molar-refractivity contribution in [1.29, 1.82) is 0 Å². The lowest BCUT2D eigenvalue weighted by Crippen LogP contribution is -2.11. The van der Waals surface area contributed by atoms with Crippen molar-refractivity contribution in [2.75, 3.05) is 14.1 Å². The lowest BCUT2D eigenvalue weighted by atomic mass is 10.1. The van der Waals surface area contributed by atoms with Crippen LogP contribution in [0.2, 0.25) is 0 Å². The summed E-state index contributed by atoms with van der Waals surface area (Å²) in [7, 11) is 3.48. The first-order chi connectivity index (χ1) is 11.0. The summed E-state index contributed by atoms with van der Waals surface area (Å²) < 4.78 is 19.5. The van der Waals surface area contributed by atoms with E-state index in [0.717, 1.165) is 16.2 Å². The molecule has 0 radical (unpaired) electrons. The van der Waals surface area contributed by atoms with Crippen molar-refractivity contribution < 1.29 is 13.9 Å². The number of rotatable bonds is 5. The molecule has 0 unspecified atom stereocenters. The monoisotopic (exact) mass is 428 g/mol. The van der Waals surface area contributed by atoms with Crippen molar-refractivity contribution in [1.82, 2.24) is 14.9 Å². The minimum atomic E-state index is -0.700. The first kappa shape index (κ1) is 17.3. The number of ether oxygens (including phenoxy) is 1. The molecule has 0 aliphatic heterocycles. The number of aromatic nitrogens is 2. The summed E-state index contributed by atoms with van der Waals surface area (Å²) in [5.41, 5.74) is 1.46. The number of benzene rings is 1. The zero-order valence-electron chi connectivity index (χ0n) is 12.5. The van der Waals surface area contributed by atoms with E-state index in [-0.39, 0.29) is 11.8 Å². The normalized spacial score (nSPS) is 10.8. The highest BCUT2D eigenvalue weighted by Gasteiger charge is 2.13. The lowest BCUT2D eigenvalue weighted by molar-refractivity contribution is 0.0719. The fourth-order valence-electron chi connectivity index (χ4n) is 1.52. The van der Waals surface area contributed by atoms with Crippen molar-refractivity contribution in [2.45, 2.75) is 4.43 Å². The van der Waals surface area contributed by atoms with Gasteiger partial charge >= 0.3 is 12.0 Å². The third-order valence-corrected chi connectivity index (χ3v) is 3.52. The summed E-state index contributed by atoms with van der Waals surface area (Å²) in [6, 6.07) is 6.74. The van der Waals surface area contributed by atoms with Crippen LogP contribution < -0.4 is 4.74 Å². The minimum Gasteiger partial charge on any atom is -0.387 e. The lowest BCUT2D eigenvalue weighted by Gasteiger charge is -2.05. The van der Waals surface area contributed by atoms with E-state index in [0.29, 0.717) is 5.56 Å². The summed E-state index contributed by atoms with van der Waals surface area (Å²) in [5.74, 6) is -1.51. The van der Waals surface area contributed by atoms with Crippen molar-refractivity contribution in [3.63, 3.8) is 0 Å². The Hall–Kier alpha value is -2.10. The summed E-state index contributed by atoms with van der Waals surface area (Å²) in [6.07, 6.45) is 2.30. The van der Waals surface area contributed by atoms with E-state index in [9.17, 15) is 9.18 Å². The van der Waals surface area contributed by atoms with Gasteiger partial charge in [0.2, 0.25) is 0 Å². The molecule has 6 nitrogen and oxygen atoms in total. The van der Waals surface area contributed by atoms with Gasteiger partial charge in [0, 0.05) is 18.5 Å². The van der Waals surface area contributed by atoms with Crippen LogP contribution in [0.1, 0.15) is 15.9 Å².